The summed E-state index contributed by atoms with van der Waals surface area (Å²) in [5, 5.41) is 11.1. The molecular weight excluding hydrogens is 265 g/mol. The molecule has 0 atom stereocenters. The molecule has 0 radical (unpaired) electrons. The van der Waals surface area contributed by atoms with Gasteiger partial charge in [-0.3, -0.25) is 0 Å². The molecule has 0 saturated heterocycles. The monoisotopic (exact) mass is 277 g/mol. The van der Waals surface area contributed by atoms with E-state index in [0.717, 1.165) is 31.2 Å². The summed E-state index contributed by atoms with van der Waals surface area (Å²) in [5.41, 5.74) is 3.20. The van der Waals surface area contributed by atoms with Crippen molar-refractivity contribution in [3.8, 4) is 0 Å². The molecule has 0 aliphatic heterocycles. The van der Waals surface area contributed by atoms with Crippen molar-refractivity contribution in [3.63, 3.8) is 0 Å². The summed E-state index contributed by atoms with van der Waals surface area (Å²) in [6.45, 7) is 4.45. The smallest absolute Gasteiger partial charge is 0.0491 e. The highest BCUT2D eigenvalue weighted by molar-refractivity contribution is 9.10. The van der Waals surface area contributed by atoms with Crippen molar-refractivity contribution >= 4 is 27.5 Å². The Kier molecular flexibility index (Phi) is 3.95. The molecule has 0 amide bonds. The van der Waals surface area contributed by atoms with Gasteiger partial charge in [0.2, 0.25) is 0 Å². The van der Waals surface area contributed by atoms with Gasteiger partial charge in [0.25, 0.3) is 0 Å². The van der Waals surface area contributed by atoms with Crippen LogP contribution in [0.15, 0.2) is 10.5 Å². The average Bonchev–Trinajstić information content (AvgIpc) is 2.09. The van der Waals surface area contributed by atoms with E-state index >= 15 is 0 Å². The lowest BCUT2D eigenvalue weighted by Gasteiger charge is -2.16. The van der Waals surface area contributed by atoms with Gasteiger partial charge in [-0.25, -0.2) is 0 Å². The number of halogens is 2. The summed E-state index contributed by atoms with van der Waals surface area (Å²) in [5.74, 6) is 0. The van der Waals surface area contributed by atoms with Gasteiger partial charge in [0, 0.05) is 23.1 Å². The Hall–Kier alpha value is -0.0900. The standard InChI is InChI=1S/C10H13BrClNO/c1-6-8(5-13(3)14)7(2)10(12)4-9(6)11/h4,14H,5H2,1-3H3. The van der Waals surface area contributed by atoms with Crippen molar-refractivity contribution in [3.05, 3.63) is 32.3 Å². The van der Waals surface area contributed by atoms with Crippen molar-refractivity contribution < 1.29 is 5.21 Å². The first-order chi connectivity index (χ1) is 6.43. The van der Waals surface area contributed by atoms with Crippen LogP contribution in [0, 0.1) is 13.8 Å². The van der Waals surface area contributed by atoms with E-state index in [1.54, 1.807) is 7.05 Å². The Labute approximate surface area is 97.6 Å². The van der Waals surface area contributed by atoms with E-state index in [0.29, 0.717) is 6.54 Å². The first-order valence-corrected chi connectivity index (χ1v) is 5.44. The van der Waals surface area contributed by atoms with Crippen LogP contribution in [0.1, 0.15) is 16.7 Å². The van der Waals surface area contributed by atoms with Crippen LogP contribution in [0.3, 0.4) is 0 Å². The Balaban J connectivity index is 3.25. The summed E-state index contributed by atoms with van der Waals surface area (Å²) < 4.78 is 0.977. The molecule has 0 aliphatic carbocycles. The van der Waals surface area contributed by atoms with Gasteiger partial charge in [0.15, 0.2) is 0 Å². The first kappa shape index (κ1) is 12.0. The van der Waals surface area contributed by atoms with Crippen LogP contribution < -0.4 is 0 Å². The molecule has 0 aliphatic rings. The fourth-order valence-corrected chi connectivity index (χ4v) is 2.19. The summed E-state index contributed by atoms with van der Waals surface area (Å²) in [6.07, 6.45) is 0. The van der Waals surface area contributed by atoms with Gasteiger partial charge in [0.05, 0.1) is 0 Å². The molecule has 1 N–H and O–H groups in total. The highest BCUT2D eigenvalue weighted by Crippen LogP contribution is 2.29. The lowest BCUT2D eigenvalue weighted by atomic mass is 10.0. The molecule has 0 fully saturated rings. The summed E-state index contributed by atoms with van der Waals surface area (Å²) in [7, 11) is 1.62. The third-order valence-corrected chi connectivity index (χ3v) is 3.48. The van der Waals surface area contributed by atoms with Gasteiger partial charge in [-0.15, -0.1) is 0 Å². The van der Waals surface area contributed by atoms with Crippen LogP contribution >= 0.6 is 27.5 Å². The van der Waals surface area contributed by atoms with Crippen molar-refractivity contribution in [1.29, 1.82) is 0 Å². The largest absolute Gasteiger partial charge is 0.314 e. The Morgan fingerprint density at radius 1 is 1.43 bits per heavy atom. The topological polar surface area (TPSA) is 23.5 Å². The normalized spacial score (nSPS) is 11.1. The SMILES string of the molecule is Cc1c(Cl)cc(Br)c(C)c1CN(C)O. The predicted molar refractivity (Wildman–Crippen MR) is 61.9 cm³/mol. The van der Waals surface area contributed by atoms with Crippen LogP contribution in [0.25, 0.3) is 0 Å². The maximum Gasteiger partial charge on any atom is 0.0491 e. The van der Waals surface area contributed by atoms with Gasteiger partial charge in [0.1, 0.15) is 0 Å². The Morgan fingerprint density at radius 2 is 2.00 bits per heavy atom. The van der Waals surface area contributed by atoms with E-state index in [-0.39, 0.29) is 0 Å². The third-order valence-electron chi connectivity index (χ3n) is 2.26. The Morgan fingerprint density at radius 3 is 2.50 bits per heavy atom. The molecule has 0 unspecified atom stereocenters. The fraction of sp³-hybridized carbons (Fsp3) is 0.400. The minimum atomic E-state index is 0.483. The zero-order valence-corrected chi connectivity index (χ0v) is 10.8. The van der Waals surface area contributed by atoms with E-state index < -0.39 is 0 Å². The molecule has 0 heterocycles. The second-order valence-electron chi connectivity index (χ2n) is 3.38. The molecule has 0 spiro atoms. The number of nitrogens with zero attached hydrogens (tertiary/aromatic N) is 1. The van der Waals surface area contributed by atoms with E-state index in [4.69, 9.17) is 11.6 Å². The van der Waals surface area contributed by atoms with Crippen LogP contribution in [0.2, 0.25) is 5.02 Å². The summed E-state index contributed by atoms with van der Waals surface area (Å²) >= 11 is 9.48. The molecule has 0 bridgehead atoms. The van der Waals surface area contributed by atoms with Gasteiger partial charge in [-0.05, 0) is 36.6 Å². The van der Waals surface area contributed by atoms with Crippen LogP contribution in [-0.2, 0) is 6.54 Å². The summed E-state index contributed by atoms with van der Waals surface area (Å²) in [6, 6.07) is 1.88. The van der Waals surface area contributed by atoms with Gasteiger partial charge < -0.3 is 5.21 Å². The van der Waals surface area contributed by atoms with Crippen LogP contribution in [0.4, 0.5) is 0 Å². The second-order valence-corrected chi connectivity index (χ2v) is 4.65. The van der Waals surface area contributed by atoms with Crippen molar-refractivity contribution in [2.24, 2.45) is 0 Å². The lowest BCUT2D eigenvalue weighted by Crippen LogP contribution is -2.14. The third kappa shape index (κ3) is 2.48. The number of hydrogen-bond donors (Lipinski definition) is 1. The molecule has 78 valence electrons. The average molecular weight is 279 g/mol. The molecular formula is C10H13BrClNO. The van der Waals surface area contributed by atoms with E-state index in [1.165, 1.54) is 0 Å². The van der Waals surface area contributed by atoms with Crippen LogP contribution in [-0.4, -0.2) is 17.3 Å². The molecule has 14 heavy (non-hydrogen) atoms. The van der Waals surface area contributed by atoms with Crippen LogP contribution in [0.5, 0.6) is 0 Å². The maximum atomic E-state index is 9.21. The first-order valence-electron chi connectivity index (χ1n) is 4.27. The van der Waals surface area contributed by atoms with Gasteiger partial charge >= 0.3 is 0 Å². The molecule has 1 rings (SSSR count). The number of rotatable bonds is 2. The maximum absolute atomic E-state index is 9.21. The molecule has 1 aromatic rings. The second kappa shape index (κ2) is 4.62. The lowest BCUT2D eigenvalue weighted by molar-refractivity contribution is -0.0734. The highest BCUT2D eigenvalue weighted by atomic mass is 79.9. The highest BCUT2D eigenvalue weighted by Gasteiger charge is 2.11. The minimum absolute atomic E-state index is 0.483. The van der Waals surface area contributed by atoms with Gasteiger partial charge in [-0.1, -0.05) is 27.5 Å². The quantitative estimate of drug-likeness (QED) is 0.837. The fourth-order valence-electron chi connectivity index (χ4n) is 1.36. The minimum Gasteiger partial charge on any atom is -0.314 e. The zero-order valence-electron chi connectivity index (χ0n) is 8.43. The predicted octanol–water partition coefficient (Wildman–Crippen LogP) is 3.54. The van der Waals surface area contributed by atoms with E-state index in [2.05, 4.69) is 15.9 Å². The van der Waals surface area contributed by atoms with Crippen molar-refractivity contribution in [2.75, 3.05) is 7.05 Å². The molecule has 1 aromatic carbocycles. The Bertz CT molecular complexity index is 326. The zero-order chi connectivity index (χ0) is 10.9. The molecule has 0 saturated carbocycles. The van der Waals surface area contributed by atoms with Crippen molar-refractivity contribution in [2.45, 2.75) is 20.4 Å². The molecule has 2 nitrogen and oxygen atoms in total. The van der Waals surface area contributed by atoms with E-state index in [9.17, 15) is 5.21 Å². The van der Waals surface area contributed by atoms with Gasteiger partial charge in [-0.2, -0.15) is 5.06 Å². The molecule has 4 heteroatoms. The number of benzene rings is 1. The van der Waals surface area contributed by atoms with Crippen molar-refractivity contribution in [1.82, 2.24) is 5.06 Å². The molecule has 0 aromatic heterocycles. The van der Waals surface area contributed by atoms with E-state index in [1.807, 2.05) is 19.9 Å². The summed E-state index contributed by atoms with van der Waals surface area (Å²) in [4.78, 5) is 0. The number of hydroxylamine groups is 2. The number of hydrogen-bond acceptors (Lipinski definition) is 2.